The second kappa shape index (κ2) is 6.68. The average molecular weight is 338 g/mol. The van der Waals surface area contributed by atoms with Crippen LogP contribution in [0.15, 0.2) is 35.4 Å². The number of hydrogen-bond donors (Lipinski definition) is 1. The van der Waals surface area contributed by atoms with Crippen molar-refractivity contribution in [1.29, 1.82) is 0 Å². The maximum atomic E-state index is 12.3. The van der Waals surface area contributed by atoms with E-state index in [1.165, 1.54) is 7.11 Å². The van der Waals surface area contributed by atoms with Gasteiger partial charge in [0.2, 0.25) is 0 Å². The largest absolute Gasteiger partial charge is 0.465 e. The van der Waals surface area contributed by atoms with Crippen LogP contribution >= 0.6 is 0 Å². The molecule has 8 heteroatoms. The van der Waals surface area contributed by atoms with Gasteiger partial charge in [-0.2, -0.15) is 5.10 Å². The molecule has 0 bridgehead atoms. The monoisotopic (exact) mass is 338 g/mol. The maximum absolute atomic E-state index is 12.3. The second-order valence-electron chi connectivity index (χ2n) is 5.62. The van der Waals surface area contributed by atoms with Crippen molar-refractivity contribution in [3.63, 3.8) is 0 Å². The first-order valence-electron chi connectivity index (χ1n) is 7.69. The molecule has 2 aromatic heterocycles. The van der Waals surface area contributed by atoms with Crippen LogP contribution in [0.1, 0.15) is 29.9 Å². The van der Waals surface area contributed by atoms with E-state index >= 15 is 0 Å². The van der Waals surface area contributed by atoms with Gasteiger partial charge in [-0.1, -0.05) is 23.4 Å². The van der Waals surface area contributed by atoms with Crippen LogP contribution in [0.25, 0.3) is 16.7 Å². The number of aromatic nitrogens is 4. The topological polar surface area (TPSA) is 94.3 Å². The Morgan fingerprint density at radius 1 is 1.24 bits per heavy atom. The zero-order valence-electron chi connectivity index (χ0n) is 14.4. The number of carbonyl (C=O) groups excluding carboxylic acids is 1. The van der Waals surface area contributed by atoms with Gasteiger partial charge in [0.1, 0.15) is 11.1 Å². The van der Waals surface area contributed by atoms with Gasteiger partial charge >= 0.3 is 5.97 Å². The fourth-order valence-electron chi connectivity index (χ4n) is 2.45. The molecule has 0 amide bonds. The Morgan fingerprint density at radius 2 is 1.96 bits per heavy atom. The van der Waals surface area contributed by atoms with E-state index in [1.807, 2.05) is 44.2 Å². The van der Waals surface area contributed by atoms with Crippen LogP contribution < -0.4 is 5.43 Å². The smallest absolute Gasteiger partial charge is 0.342 e. The molecule has 0 saturated carbocycles. The minimum Gasteiger partial charge on any atom is -0.465 e. The summed E-state index contributed by atoms with van der Waals surface area (Å²) in [6.07, 6.45) is 0. The first kappa shape index (κ1) is 16.6. The fourth-order valence-corrected chi connectivity index (χ4v) is 2.45. The molecule has 3 aromatic rings. The van der Waals surface area contributed by atoms with E-state index in [4.69, 9.17) is 4.74 Å². The van der Waals surface area contributed by atoms with E-state index in [2.05, 4.69) is 25.8 Å². The number of esters is 1. The number of fused-ring (bicyclic) bond motifs is 1. The molecule has 0 radical (unpaired) electrons. The SMILES string of the molecule is COC(=O)c1c(C)nc(NN=C(C)C)c2nnn(-c3ccccc3)c12. The molecule has 0 aliphatic heterocycles. The molecule has 0 atom stereocenters. The Bertz CT molecular complexity index is 958. The lowest BCUT2D eigenvalue weighted by molar-refractivity contribution is 0.0601. The Hall–Kier alpha value is -3.29. The molecule has 0 aliphatic rings. The Balaban J connectivity index is 2.32. The summed E-state index contributed by atoms with van der Waals surface area (Å²) in [6.45, 7) is 5.46. The van der Waals surface area contributed by atoms with Gasteiger partial charge in [0, 0.05) is 5.71 Å². The number of nitrogens with one attached hydrogen (secondary N) is 1. The summed E-state index contributed by atoms with van der Waals surface area (Å²) in [4.78, 5) is 16.7. The van der Waals surface area contributed by atoms with Gasteiger partial charge in [-0.25, -0.2) is 14.5 Å². The van der Waals surface area contributed by atoms with E-state index < -0.39 is 5.97 Å². The predicted octanol–water partition coefficient (Wildman–Crippen LogP) is 2.72. The third-order valence-electron chi connectivity index (χ3n) is 3.55. The van der Waals surface area contributed by atoms with Crippen LogP contribution in [-0.4, -0.2) is 38.8 Å². The van der Waals surface area contributed by atoms with Gasteiger partial charge in [0.15, 0.2) is 11.3 Å². The van der Waals surface area contributed by atoms with Crippen LogP contribution in [0.5, 0.6) is 0 Å². The van der Waals surface area contributed by atoms with Crippen molar-refractivity contribution in [1.82, 2.24) is 20.0 Å². The van der Waals surface area contributed by atoms with E-state index in [1.54, 1.807) is 11.6 Å². The van der Waals surface area contributed by atoms with Crippen molar-refractivity contribution in [3.05, 3.63) is 41.6 Å². The van der Waals surface area contributed by atoms with E-state index in [0.29, 0.717) is 28.1 Å². The van der Waals surface area contributed by atoms with Crippen molar-refractivity contribution in [2.45, 2.75) is 20.8 Å². The van der Waals surface area contributed by atoms with E-state index in [0.717, 1.165) is 11.4 Å². The molecule has 2 heterocycles. The number of pyridine rings is 1. The average Bonchev–Trinajstić information content (AvgIpc) is 3.04. The van der Waals surface area contributed by atoms with Gasteiger partial charge in [0.25, 0.3) is 0 Å². The highest BCUT2D eigenvalue weighted by Crippen LogP contribution is 2.28. The van der Waals surface area contributed by atoms with Crippen LogP contribution in [0, 0.1) is 6.92 Å². The van der Waals surface area contributed by atoms with E-state index in [-0.39, 0.29) is 0 Å². The van der Waals surface area contributed by atoms with Crippen molar-refractivity contribution >= 4 is 28.5 Å². The number of hydrogen-bond acceptors (Lipinski definition) is 7. The third kappa shape index (κ3) is 3.06. The normalized spacial score (nSPS) is 10.6. The summed E-state index contributed by atoms with van der Waals surface area (Å²) in [6, 6.07) is 9.44. The lowest BCUT2D eigenvalue weighted by Crippen LogP contribution is -2.11. The highest BCUT2D eigenvalue weighted by Gasteiger charge is 2.24. The van der Waals surface area contributed by atoms with Gasteiger partial charge in [-0.15, -0.1) is 5.10 Å². The number of para-hydroxylation sites is 1. The molecule has 0 spiro atoms. The molecule has 25 heavy (non-hydrogen) atoms. The van der Waals surface area contributed by atoms with Crippen LogP contribution in [0.2, 0.25) is 0 Å². The van der Waals surface area contributed by atoms with Gasteiger partial charge in [-0.3, -0.25) is 5.43 Å². The molecule has 1 aromatic carbocycles. The summed E-state index contributed by atoms with van der Waals surface area (Å²) in [7, 11) is 1.33. The van der Waals surface area contributed by atoms with Crippen molar-refractivity contribution in [2.75, 3.05) is 12.5 Å². The van der Waals surface area contributed by atoms with Crippen molar-refractivity contribution in [2.24, 2.45) is 5.10 Å². The minimum absolute atomic E-state index is 0.328. The first-order chi connectivity index (χ1) is 12.0. The molecule has 3 rings (SSSR count). The van der Waals surface area contributed by atoms with Crippen molar-refractivity contribution in [3.8, 4) is 5.69 Å². The third-order valence-corrected chi connectivity index (χ3v) is 3.55. The summed E-state index contributed by atoms with van der Waals surface area (Å²) in [5, 5.41) is 12.6. The Kier molecular flexibility index (Phi) is 4.42. The molecule has 0 unspecified atom stereocenters. The predicted molar refractivity (Wildman–Crippen MR) is 95.1 cm³/mol. The van der Waals surface area contributed by atoms with Crippen LogP contribution in [0.3, 0.4) is 0 Å². The molecule has 0 aliphatic carbocycles. The number of benzene rings is 1. The van der Waals surface area contributed by atoms with Crippen LogP contribution in [-0.2, 0) is 4.74 Å². The van der Waals surface area contributed by atoms with Crippen molar-refractivity contribution < 1.29 is 9.53 Å². The summed E-state index contributed by atoms with van der Waals surface area (Å²) in [5.74, 6) is -0.0558. The van der Waals surface area contributed by atoms with Crippen LogP contribution in [0.4, 0.5) is 5.82 Å². The number of carbonyl (C=O) groups is 1. The number of ether oxygens (including phenoxy) is 1. The van der Waals surface area contributed by atoms with Gasteiger partial charge in [0.05, 0.1) is 18.5 Å². The molecular weight excluding hydrogens is 320 g/mol. The molecule has 128 valence electrons. The van der Waals surface area contributed by atoms with Gasteiger partial charge in [-0.05, 0) is 32.9 Å². The highest BCUT2D eigenvalue weighted by atomic mass is 16.5. The number of aryl methyl sites for hydroxylation is 1. The lowest BCUT2D eigenvalue weighted by Gasteiger charge is -2.10. The standard InChI is InChI=1S/C17H18N6O2/c1-10(2)19-21-16-14-15(13(11(3)18-16)17(24)25-4)23(22-20-14)12-8-6-5-7-9-12/h5-9H,1-4H3,(H,18,21). The number of rotatable bonds is 4. The zero-order valence-corrected chi connectivity index (χ0v) is 14.4. The lowest BCUT2D eigenvalue weighted by atomic mass is 10.1. The van der Waals surface area contributed by atoms with Gasteiger partial charge < -0.3 is 4.74 Å². The maximum Gasteiger partial charge on any atom is 0.342 e. The number of methoxy groups -OCH3 is 1. The fraction of sp³-hybridized carbons (Fsp3) is 0.235. The number of anilines is 1. The Labute approximate surface area is 144 Å². The molecule has 1 N–H and O–H groups in total. The zero-order chi connectivity index (χ0) is 18.0. The molecule has 0 fully saturated rings. The minimum atomic E-state index is -0.490. The molecule has 8 nitrogen and oxygen atoms in total. The second-order valence-corrected chi connectivity index (χ2v) is 5.62. The summed E-state index contributed by atoms with van der Waals surface area (Å²) < 4.78 is 6.53. The Morgan fingerprint density at radius 3 is 2.60 bits per heavy atom. The number of nitrogens with zero attached hydrogens (tertiary/aromatic N) is 5. The first-order valence-corrected chi connectivity index (χ1v) is 7.69. The summed E-state index contributed by atoms with van der Waals surface area (Å²) >= 11 is 0. The van der Waals surface area contributed by atoms with E-state index in [9.17, 15) is 4.79 Å². The molecular formula is C17H18N6O2. The highest BCUT2D eigenvalue weighted by molar-refractivity contribution is 6.06. The molecule has 0 saturated heterocycles. The number of hydrazone groups is 1. The summed E-state index contributed by atoms with van der Waals surface area (Å²) in [5.41, 5.74) is 6.30. The quantitative estimate of drug-likeness (QED) is 0.446.